The van der Waals surface area contributed by atoms with Crippen molar-refractivity contribution >= 4 is 34.8 Å². The highest BCUT2D eigenvalue weighted by Crippen LogP contribution is 2.31. The monoisotopic (exact) mass is 439 g/mol. The van der Waals surface area contributed by atoms with Gasteiger partial charge in [0.1, 0.15) is 11.0 Å². The van der Waals surface area contributed by atoms with Crippen molar-refractivity contribution in [2.24, 2.45) is 0 Å². The zero-order chi connectivity index (χ0) is 22.5. The first-order valence-electron chi connectivity index (χ1n) is 8.83. The topological polar surface area (TPSA) is 104 Å². The summed E-state index contributed by atoms with van der Waals surface area (Å²) in [5, 5.41) is 14.1. The Kier molecular flexibility index (Phi) is 7.38. The molecule has 30 heavy (non-hydrogen) atoms. The summed E-state index contributed by atoms with van der Waals surface area (Å²) in [5.41, 5.74) is 6.01. The van der Waals surface area contributed by atoms with Crippen LogP contribution < -0.4 is 16.4 Å². The summed E-state index contributed by atoms with van der Waals surface area (Å²) in [6.07, 6.45) is -4.91. The standard InChI is InChI=1S/C20H20F3N3O3S/c1-11(19(28)29)25-17(27)10-16(12-5-4-6-13(9-12)20(21,22)23)26-18(30)14-7-2-3-8-15(14)24/h2-9,11,16H,10,24H2,1H3,(H,25,27)(H,26,30)(H,28,29)/t11-,16?/m0/s1. The number of carbonyl (C=O) groups is 2. The van der Waals surface area contributed by atoms with Gasteiger partial charge in [0.15, 0.2) is 0 Å². The molecule has 0 saturated carbocycles. The third-order valence-electron chi connectivity index (χ3n) is 4.26. The summed E-state index contributed by atoms with van der Waals surface area (Å²) in [6, 6.07) is 9.04. The molecule has 2 atom stereocenters. The van der Waals surface area contributed by atoms with Gasteiger partial charge in [-0.05, 0) is 36.8 Å². The van der Waals surface area contributed by atoms with E-state index in [9.17, 15) is 22.8 Å². The van der Waals surface area contributed by atoms with Crippen LogP contribution in [-0.2, 0) is 15.8 Å². The number of halogens is 3. The number of aliphatic carboxylic acids is 1. The number of carboxylic acid groups (broad SMARTS) is 1. The number of hydrogen-bond acceptors (Lipinski definition) is 4. The van der Waals surface area contributed by atoms with E-state index in [0.29, 0.717) is 11.3 Å². The molecule has 10 heteroatoms. The van der Waals surface area contributed by atoms with E-state index in [1.54, 1.807) is 24.3 Å². The molecular formula is C20H20F3N3O3S. The number of alkyl halides is 3. The van der Waals surface area contributed by atoms with Crippen molar-refractivity contribution in [2.75, 3.05) is 5.73 Å². The third-order valence-corrected chi connectivity index (χ3v) is 4.60. The Bertz CT molecular complexity index is 950. The zero-order valence-electron chi connectivity index (χ0n) is 15.9. The SMILES string of the molecule is C[C@H](NC(=O)CC(NC(=S)c1ccccc1N)c1cccc(C(F)(F)F)c1)C(=O)O. The van der Waals surface area contributed by atoms with Gasteiger partial charge in [-0.1, -0.05) is 36.5 Å². The zero-order valence-corrected chi connectivity index (χ0v) is 16.7. The predicted molar refractivity (Wildman–Crippen MR) is 110 cm³/mol. The summed E-state index contributed by atoms with van der Waals surface area (Å²) < 4.78 is 39.4. The molecule has 0 radical (unpaired) electrons. The number of amides is 1. The van der Waals surface area contributed by atoms with Crippen LogP contribution in [0.4, 0.5) is 18.9 Å². The van der Waals surface area contributed by atoms with E-state index in [2.05, 4.69) is 10.6 Å². The van der Waals surface area contributed by atoms with Gasteiger partial charge in [-0.25, -0.2) is 0 Å². The van der Waals surface area contributed by atoms with Crippen LogP contribution >= 0.6 is 12.2 Å². The first kappa shape index (κ1) is 23.1. The number of benzene rings is 2. The van der Waals surface area contributed by atoms with Crippen molar-refractivity contribution < 1.29 is 27.9 Å². The van der Waals surface area contributed by atoms with Gasteiger partial charge in [0.05, 0.1) is 18.0 Å². The molecule has 0 fully saturated rings. The Morgan fingerprint density at radius 2 is 1.80 bits per heavy atom. The molecule has 0 aromatic heterocycles. The van der Waals surface area contributed by atoms with E-state index in [1.165, 1.54) is 19.1 Å². The van der Waals surface area contributed by atoms with Crippen LogP contribution in [0.5, 0.6) is 0 Å². The number of hydrogen-bond donors (Lipinski definition) is 4. The fraction of sp³-hybridized carbons (Fsp3) is 0.250. The van der Waals surface area contributed by atoms with E-state index >= 15 is 0 Å². The lowest BCUT2D eigenvalue weighted by Gasteiger charge is -2.23. The smallest absolute Gasteiger partial charge is 0.416 e. The van der Waals surface area contributed by atoms with E-state index in [-0.39, 0.29) is 17.0 Å². The number of thiocarbonyl (C=S) groups is 1. The molecule has 0 spiro atoms. The number of nitrogens with one attached hydrogen (secondary N) is 2. The van der Waals surface area contributed by atoms with Gasteiger partial charge in [0.2, 0.25) is 5.91 Å². The first-order valence-corrected chi connectivity index (χ1v) is 9.24. The van der Waals surface area contributed by atoms with Crippen molar-refractivity contribution in [1.82, 2.24) is 10.6 Å². The van der Waals surface area contributed by atoms with Gasteiger partial charge in [-0.15, -0.1) is 0 Å². The molecule has 1 unspecified atom stereocenters. The van der Waals surface area contributed by atoms with E-state index < -0.39 is 35.7 Å². The van der Waals surface area contributed by atoms with Crippen molar-refractivity contribution in [1.29, 1.82) is 0 Å². The van der Waals surface area contributed by atoms with E-state index in [0.717, 1.165) is 12.1 Å². The van der Waals surface area contributed by atoms with Crippen molar-refractivity contribution in [3.05, 3.63) is 65.2 Å². The van der Waals surface area contributed by atoms with Gasteiger partial charge in [-0.3, -0.25) is 9.59 Å². The maximum atomic E-state index is 13.1. The molecule has 2 rings (SSSR count). The molecule has 0 bridgehead atoms. The highest BCUT2D eigenvalue weighted by Gasteiger charge is 2.31. The van der Waals surface area contributed by atoms with Crippen molar-refractivity contribution in [3.8, 4) is 0 Å². The Hall–Kier alpha value is -3.14. The van der Waals surface area contributed by atoms with Crippen LogP contribution in [0, 0.1) is 0 Å². The van der Waals surface area contributed by atoms with Gasteiger partial charge < -0.3 is 21.5 Å². The lowest BCUT2D eigenvalue weighted by Crippen LogP contribution is -2.40. The summed E-state index contributed by atoms with van der Waals surface area (Å²) in [6.45, 7) is 1.28. The highest BCUT2D eigenvalue weighted by atomic mass is 32.1. The van der Waals surface area contributed by atoms with Crippen molar-refractivity contribution in [3.63, 3.8) is 0 Å². The average Bonchev–Trinajstić information content (AvgIpc) is 2.67. The maximum Gasteiger partial charge on any atom is 0.416 e. The average molecular weight is 439 g/mol. The predicted octanol–water partition coefficient (Wildman–Crippen LogP) is 3.27. The summed E-state index contributed by atoms with van der Waals surface area (Å²) in [7, 11) is 0. The van der Waals surface area contributed by atoms with Gasteiger partial charge in [-0.2, -0.15) is 13.2 Å². The number of nitrogens with two attached hydrogens (primary N) is 1. The molecule has 0 aliphatic carbocycles. The summed E-state index contributed by atoms with van der Waals surface area (Å²) in [4.78, 5) is 23.4. The van der Waals surface area contributed by atoms with Gasteiger partial charge >= 0.3 is 12.1 Å². The number of anilines is 1. The minimum Gasteiger partial charge on any atom is -0.480 e. The minimum absolute atomic E-state index is 0.148. The minimum atomic E-state index is -4.56. The quantitative estimate of drug-likeness (QED) is 0.390. The van der Waals surface area contributed by atoms with Crippen LogP contribution in [0.3, 0.4) is 0 Å². The fourth-order valence-electron chi connectivity index (χ4n) is 2.67. The first-order chi connectivity index (χ1) is 14.0. The fourth-order valence-corrected chi connectivity index (χ4v) is 3.00. The molecule has 2 aromatic carbocycles. The molecule has 2 aromatic rings. The lowest BCUT2D eigenvalue weighted by molar-refractivity contribution is -0.141. The summed E-state index contributed by atoms with van der Waals surface area (Å²) >= 11 is 5.33. The molecule has 1 amide bonds. The molecule has 6 nitrogen and oxygen atoms in total. The molecule has 0 saturated heterocycles. The number of carboxylic acids is 1. The number of carbonyl (C=O) groups excluding carboxylic acids is 1. The van der Waals surface area contributed by atoms with Gasteiger partial charge in [0, 0.05) is 11.3 Å². The Labute approximate surface area is 176 Å². The molecule has 0 aliphatic rings. The third kappa shape index (κ3) is 6.18. The second-order valence-electron chi connectivity index (χ2n) is 6.57. The largest absolute Gasteiger partial charge is 0.480 e. The number of para-hydroxylation sites is 1. The van der Waals surface area contributed by atoms with E-state index in [4.69, 9.17) is 23.1 Å². The van der Waals surface area contributed by atoms with Crippen LogP contribution in [0.25, 0.3) is 0 Å². The number of rotatable bonds is 7. The van der Waals surface area contributed by atoms with Crippen LogP contribution in [0.2, 0.25) is 0 Å². The molecule has 160 valence electrons. The molecule has 5 N–H and O–H groups in total. The summed E-state index contributed by atoms with van der Waals surface area (Å²) in [5.74, 6) is -1.90. The molecular weight excluding hydrogens is 419 g/mol. The second-order valence-corrected chi connectivity index (χ2v) is 6.98. The second kappa shape index (κ2) is 9.57. The highest BCUT2D eigenvalue weighted by molar-refractivity contribution is 7.80. The Morgan fingerprint density at radius 3 is 2.40 bits per heavy atom. The lowest BCUT2D eigenvalue weighted by atomic mass is 9.99. The van der Waals surface area contributed by atoms with Crippen LogP contribution in [-0.4, -0.2) is 28.0 Å². The van der Waals surface area contributed by atoms with Crippen LogP contribution in [0.15, 0.2) is 48.5 Å². The maximum absolute atomic E-state index is 13.1. The van der Waals surface area contributed by atoms with Crippen LogP contribution in [0.1, 0.15) is 36.1 Å². The van der Waals surface area contributed by atoms with Gasteiger partial charge in [0.25, 0.3) is 0 Å². The number of nitrogen functional groups attached to an aromatic ring is 1. The van der Waals surface area contributed by atoms with Crippen molar-refractivity contribution in [2.45, 2.75) is 31.6 Å². The Morgan fingerprint density at radius 1 is 1.13 bits per heavy atom. The molecule has 0 heterocycles. The Balaban J connectivity index is 2.33. The normalized spacial score (nSPS) is 13.2. The van der Waals surface area contributed by atoms with E-state index in [1.807, 2.05) is 0 Å². The molecule has 0 aliphatic heterocycles.